The van der Waals surface area contributed by atoms with Crippen molar-refractivity contribution in [3.05, 3.63) is 22.5 Å². The minimum absolute atomic E-state index is 0.312. The van der Waals surface area contributed by atoms with Gasteiger partial charge < -0.3 is 14.5 Å². The van der Waals surface area contributed by atoms with Gasteiger partial charge in [-0.15, -0.1) is 0 Å². The molecule has 1 aromatic rings. The standard InChI is InChI=1S/C20H33NO4/c1-5-9-11-13-15-16(14-12-10-6-2)18(20(23)25-8-4)21-17(15)19(22)24-7-3/h21H,5-14H2,1-4H3. The van der Waals surface area contributed by atoms with Gasteiger partial charge in [-0.1, -0.05) is 39.5 Å². The topological polar surface area (TPSA) is 68.4 Å². The summed E-state index contributed by atoms with van der Waals surface area (Å²) in [6.07, 6.45) is 7.93. The van der Waals surface area contributed by atoms with Crippen LogP contribution in [-0.4, -0.2) is 30.1 Å². The van der Waals surface area contributed by atoms with E-state index in [1.54, 1.807) is 13.8 Å². The zero-order chi connectivity index (χ0) is 18.7. The summed E-state index contributed by atoms with van der Waals surface area (Å²) in [5, 5.41) is 0. The number of carbonyl (C=O) groups excluding carboxylic acids is 2. The van der Waals surface area contributed by atoms with E-state index < -0.39 is 0 Å². The summed E-state index contributed by atoms with van der Waals surface area (Å²) in [6.45, 7) is 8.49. The normalized spacial score (nSPS) is 10.7. The highest BCUT2D eigenvalue weighted by atomic mass is 16.5. The van der Waals surface area contributed by atoms with E-state index in [4.69, 9.17) is 9.47 Å². The highest BCUT2D eigenvalue weighted by Gasteiger charge is 2.26. The van der Waals surface area contributed by atoms with Gasteiger partial charge in [-0.2, -0.15) is 0 Å². The smallest absolute Gasteiger partial charge is 0.355 e. The van der Waals surface area contributed by atoms with Crippen LogP contribution < -0.4 is 0 Å². The van der Waals surface area contributed by atoms with Crippen LogP contribution in [0.2, 0.25) is 0 Å². The van der Waals surface area contributed by atoms with E-state index in [2.05, 4.69) is 18.8 Å². The Kier molecular flexibility index (Phi) is 9.97. The number of H-pyrrole nitrogens is 1. The maximum Gasteiger partial charge on any atom is 0.355 e. The molecule has 5 heteroatoms. The van der Waals surface area contributed by atoms with Crippen LogP contribution in [0.3, 0.4) is 0 Å². The molecule has 0 unspecified atom stereocenters. The first-order chi connectivity index (χ1) is 12.1. The summed E-state index contributed by atoms with van der Waals surface area (Å²) in [4.78, 5) is 27.8. The molecular weight excluding hydrogens is 318 g/mol. The summed E-state index contributed by atoms with van der Waals surface area (Å²) in [5.74, 6) is -0.775. The van der Waals surface area contributed by atoms with Crippen molar-refractivity contribution in [3.8, 4) is 0 Å². The van der Waals surface area contributed by atoms with Gasteiger partial charge in [-0.25, -0.2) is 9.59 Å². The molecule has 1 rings (SSSR count). The number of aromatic amines is 1. The summed E-state index contributed by atoms with van der Waals surface area (Å²) < 4.78 is 10.4. The van der Waals surface area contributed by atoms with Crippen LogP contribution >= 0.6 is 0 Å². The lowest BCUT2D eigenvalue weighted by molar-refractivity contribution is 0.0515. The molecule has 0 saturated carbocycles. The molecule has 1 aromatic heterocycles. The molecule has 1 heterocycles. The molecule has 0 bridgehead atoms. The van der Waals surface area contributed by atoms with Gasteiger partial charge in [-0.05, 0) is 50.7 Å². The van der Waals surface area contributed by atoms with Crippen LogP contribution in [0.5, 0.6) is 0 Å². The molecule has 0 aliphatic heterocycles. The minimum atomic E-state index is -0.388. The third-order valence-electron chi connectivity index (χ3n) is 4.24. The number of unbranched alkanes of at least 4 members (excludes halogenated alkanes) is 4. The molecular formula is C20H33NO4. The van der Waals surface area contributed by atoms with Crippen LogP contribution in [0.25, 0.3) is 0 Å². The third kappa shape index (κ3) is 6.22. The minimum Gasteiger partial charge on any atom is -0.461 e. The second-order valence-corrected chi connectivity index (χ2v) is 6.19. The van der Waals surface area contributed by atoms with E-state index in [0.29, 0.717) is 24.6 Å². The number of hydrogen-bond acceptors (Lipinski definition) is 4. The fraction of sp³-hybridized carbons (Fsp3) is 0.700. The van der Waals surface area contributed by atoms with Crippen molar-refractivity contribution in [3.63, 3.8) is 0 Å². The average Bonchev–Trinajstić information content (AvgIpc) is 2.95. The first-order valence-electron chi connectivity index (χ1n) is 9.68. The molecule has 1 N–H and O–H groups in total. The van der Waals surface area contributed by atoms with E-state index in [-0.39, 0.29) is 11.9 Å². The Morgan fingerprint density at radius 3 is 1.44 bits per heavy atom. The Hall–Kier alpha value is -1.78. The number of nitrogens with one attached hydrogen (secondary N) is 1. The summed E-state index contributed by atoms with van der Waals surface area (Å²) in [5.41, 5.74) is 2.72. The van der Waals surface area contributed by atoms with Gasteiger partial charge in [0.05, 0.1) is 13.2 Å². The van der Waals surface area contributed by atoms with Gasteiger partial charge in [0.25, 0.3) is 0 Å². The van der Waals surface area contributed by atoms with E-state index in [1.807, 2.05) is 0 Å². The van der Waals surface area contributed by atoms with Crippen LogP contribution in [-0.2, 0) is 22.3 Å². The molecule has 0 aliphatic rings. The predicted octanol–water partition coefficient (Wildman–Crippen LogP) is 4.83. The number of hydrogen-bond donors (Lipinski definition) is 1. The summed E-state index contributed by atoms with van der Waals surface area (Å²) in [6, 6.07) is 0. The van der Waals surface area contributed by atoms with Crippen LogP contribution in [0.15, 0.2) is 0 Å². The van der Waals surface area contributed by atoms with Gasteiger partial charge in [0.2, 0.25) is 0 Å². The molecule has 0 fully saturated rings. The number of ether oxygens (including phenoxy) is 2. The molecule has 25 heavy (non-hydrogen) atoms. The second-order valence-electron chi connectivity index (χ2n) is 6.19. The van der Waals surface area contributed by atoms with Crippen LogP contribution in [0.4, 0.5) is 0 Å². The molecule has 0 aromatic carbocycles. The third-order valence-corrected chi connectivity index (χ3v) is 4.24. The number of esters is 2. The van der Waals surface area contributed by atoms with E-state index in [9.17, 15) is 9.59 Å². The molecule has 0 saturated heterocycles. The van der Waals surface area contributed by atoms with Gasteiger partial charge in [-0.3, -0.25) is 0 Å². The fourth-order valence-corrected chi connectivity index (χ4v) is 2.99. The number of rotatable bonds is 12. The quantitative estimate of drug-likeness (QED) is 0.432. The van der Waals surface area contributed by atoms with E-state index in [1.165, 1.54) is 0 Å². The molecule has 0 amide bonds. The highest BCUT2D eigenvalue weighted by Crippen LogP contribution is 2.25. The maximum atomic E-state index is 12.4. The molecule has 0 atom stereocenters. The molecule has 5 nitrogen and oxygen atoms in total. The zero-order valence-electron chi connectivity index (χ0n) is 16.2. The van der Waals surface area contributed by atoms with Gasteiger partial charge in [0.15, 0.2) is 0 Å². The lowest BCUT2D eigenvalue weighted by atomic mass is 9.97. The van der Waals surface area contributed by atoms with Crippen molar-refractivity contribution in [1.29, 1.82) is 0 Å². The van der Waals surface area contributed by atoms with Crippen molar-refractivity contribution in [2.75, 3.05) is 13.2 Å². The molecule has 0 aliphatic carbocycles. The van der Waals surface area contributed by atoms with Gasteiger partial charge in [0.1, 0.15) is 11.4 Å². The SMILES string of the molecule is CCCCCc1c(C(=O)OCC)[nH]c(C(=O)OCC)c1CCCCC. The number of aromatic nitrogens is 1. The Bertz CT molecular complexity index is 502. The molecule has 0 radical (unpaired) electrons. The fourth-order valence-electron chi connectivity index (χ4n) is 2.99. The first-order valence-corrected chi connectivity index (χ1v) is 9.68. The Morgan fingerprint density at radius 2 is 1.12 bits per heavy atom. The zero-order valence-corrected chi connectivity index (χ0v) is 16.2. The van der Waals surface area contributed by atoms with Gasteiger partial charge >= 0.3 is 11.9 Å². The summed E-state index contributed by atoms with van der Waals surface area (Å²) in [7, 11) is 0. The lowest BCUT2D eigenvalue weighted by Crippen LogP contribution is -2.09. The van der Waals surface area contributed by atoms with Crippen molar-refractivity contribution in [2.24, 2.45) is 0 Å². The average molecular weight is 351 g/mol. The maximum absolute atomic E-state index is 12.4. The first kappa shape index (κ1) is 21.3. The van der Waals surface area contributed by atoms with E-state index >= 15 is 0 Å². The Balaban J connectivity index is 3.25. The van der Waals surface area contributed by atoms with Crippen LogP contribution in [0, 0.1) is 0 Å². The Labute approximate surface area is 151 Å². The lowest BCUT2D eigenvalue weighted by Gasteiger charge is -2.08. The monoisotopic (exact) mass is 351 g/mol. The summed E-state index contributed by atoms with van der Waals surface area (Å²) >= 11 is 0. The van der Waals surface area contributed by atoms with Crippen molar-refractivity contribution >= 4 is 11.9 Å². The number of carbonyl (C=O) groups is 2. The Morgan fingerprint density at radius 1 is 0.720 bits per heavy atom. The molecule has 0 spiro atoms. The van der Waals surface area contributed by atoms with Crippen molar-refractivity contribution in [2.45, 2.75) is 79.1 Å². The van der Waals surface area contributed by atoms with Crippen LogP contribution in [0.1, 0.15) is 98.3 Å². The molecule has 142 valence electrons. The van der Waals surface area contributed by atoms with E-state index in [0.717, 1.165) is 62.5 Å². The highest BCUT2D eigenvalue weighted by molar-refractivity contribution is 5.96. The van der Waals surface area contributed by atoms with Crippen molar-refractivity contribution in [1.82, 2.24) is 4.98 Å². The predicted molar refractivity (Wildman–Crippen MR) is 99.2 cm³/mol. The van der Waals surface area contributed by atoms with Gasteiger partial charge in [0, 0.05) is 0 Å². The van der Waals surface area contributed by atoms with Crippen molar-refractivity contribution < 1.29 is 19.1 Å². The second kappa shape index (κ2) is 11.7. The largest absolute Gasteiger partial charge is 0.461 e.